The Kier molecular flexibility index (Phi) is 5.29. The van der Waals surface area contributed by atoms with E-state index in [0.29, 0.717) is 6.42 Å². The molecule has 0 bridgehead atoms. The van der Waals surface area contributed by atoms with Crippen molar-refractivity contribution in [2.75, 3.05) is 11.1 Å². The van der Waals surface area contributed by atoms with Crippen molar-refractivity contribution in [1.82, 2.24) is 9.78 Å². The Morgan fingerprint density at radius 3 is 2.55 bits per heavy atom. The number of nitrogens with zero attached hydrogens (tertiary/aromatic N) is 2. The smallest absolute Gasteiger partial charge is 0.225 e. The standard InChI is InChI=1S/C17H23N3OS/c1-11-6-7-15(10-12(11)2)22-9-8-16(21)18-17-13(3)19-20(5)14(17)4/h6-7,10H,8-9H2,1-5H3,(H,18,21). The number of nitrogens with one attached hydrogen (secondary N) is 1. The van der Waals surface area contributed by atoms with Gasteiger partial charge >= 0.3 is 0 Å². The summed E-state index contributed by atoms with van der Waals surface area (Å²) in [5.74, 6) is 0.808. The summed E-state index contributed by atoms with van der Waals surface area (Å²) >= 11 is 1.71. The lowest BCUT2D eigenvalue weighted by molar-refractivity contribution is -0.115. The van der Waals surface area contributed by atoms with Crippen molar-refractivity contribution in [1.29, 1.82) is 0 Å². The van der Waals surface area contributed by atoms with E-state index in [1.165, 1.54) is 16.0 Å². The van der Waals surface area contributed by atoms with Crippen LogP contribution in [-0.4, -0.2) is 21.4 Å². The third-order valence-corrected chi connectivity index (χ3v) is 4.85. The molecule has 22 heavy (non-hydrogen) atoms. The Hall–Kier alpha value is -1.75. The number of carbonyl (C=O) groups is 1. The lowest BCUT2D eigenvalue weighted by Crippen LogP contribution is -2.13. The third-order valence-electron chi connectivity index (χ3n) is 3.85. The molecule has 2 rings (SSSR count). The van der Waals surface area contributed by atoms with Crippen LogP contribution < -0.4 is 5.32 Å². The first kappa shape index (κ1) is 16.6. The highest BCUT2D eigenvalue weighted by atomic mass is 32.2. The molecule has 1 heterocycles. The van der Waals surface area contributed by atoms with Crippen molar-refractivity contribution in [3.63, 3.8) is 0 Å². The Morgan fingerprint density at radius 1 is 1.23 bits per heavy atom. The molecule has 0 fully saturated rings. The summed E-state index contributed by atoms with van der Waals surface area (Å²) < 4.78 is 1.79. The number of aromatic nitrogens is 2. The van der Waals surface area contributed by atoms with E-state index in [0.717, 1.165) is 22.8 Å². The van der Waals surface area contributed by atoms with Gasteiger partial charge in [-0.3, -0.25) is 9.48 Å². The third kappa shape index (κ3) is 3.91. The van der Waals surface area contributed by atoms with Crippen LogP contribution in [0.5, 0.6) is 0 Å². The molecule has 4 nitrogen and oxygen atoms in total. The summed E-state index contributed by atoms with van der Waals surface area (Å²) in [6, 6.07) is 6.41. The summed E-state index contributed by atoms with van der Waals surface area (Å²) in [7, 11) is 1.88. The van der Waals surface area contributed by atoms with E-state index in [1.807, 2.05) is 20.9 Å². The minimum absolute atomic E-state index is 0.0375. The van der Waals surface area contributed by atoms with Gasteiger partial charge in [0.1, 0.15) is 0 Å². The van der Waals surface area contributed by atoms with Crippen LogP contribution in [0.15, 0.2) is 23.1 Å². The zero-order chi connectivity index (χ0) is 16.3. The molecule has 2 aromatic rings. The number of thioether (sulfide) groups is 1. The van der Waals surface area contributed by atoms with Gasteiger partial charge in [0, 0.05) is 24.1 Å². The van der Waals surface area contributed by atoms with Crippen molar-refractivity contribution in [2.45, 2.75) is 39.0 Å². The average Bonchev–Trinajstić information content (AvgIpc) is 2.69. The van der Waals surface area contributed by atoms with Crippen LogP contribution in [0.1, 0.15) is 28.9 Å². The second-order valence-electron chi connectivity index (χ2n) is 5.56. The number of hydrogen-bond donors (Lipinski definition) is 1. The predicted octanol–water partition coefficient (Wildman–Crippen LogP) is 3.77. The Morgan fingerprint density at radius 2 is 1.95 bits per heavy atom. The van der Waals surface area contributed by atoms with Crippen molar-refractivity contribution in [2.24, 2.45) is 7.05 Å². The van der Waals surface area contributed by atoms with E-state index in [9.17, 15) is 4.79 Å². The SMILES string of the molecule is Cc1ccc(SCCC(=O)Nc2c(C)nn(C)c2C)cc1C. The number of amides is 1. The number of anilines is 1. The summed E-state index contributed by atoms with van der Waals surface area (Å²) in [6.45, 7) is 8.09. The molecule has 0 radical (unpaired) electrons. The zero-order valence-corrected chi connectivity index (χ0v) is 14.7. The first-order valence-corrected chi connectivity index (χ1v) is 8.37. The molecule has 0 saturated carbocycles. The van der Waals surface area contributed by atoms with Crippen LogP contribution in [0.2, 0.25) is 0 Å². The second-order valence-corrected chi connectivity index (χ2v) is 6.73. The lowest BCUT2D eigenvalue weighted by atomic mass is 10.1. The molecule has 0 aliphatic heterocycles. The minimum Gasteiger partial charge on any atom is -0.323 e. The Bertz CT molecular complexity index is 691. The molecule has 0 aliphatic rings. The van der Waals surface area contributed by atoms with E-state index >= 15 is 0 Å². The highest BCUT2D eigenvalue weighted by Crippen LogP contribution is 2.22. The summed E-state index contributed by atoms with van der Waals surface area (Å²) in [4.78, 5) is 13.3. The van der Waals surface area contributed by atoms with E-state index in [2.05, 4.69) is 42.5 Å². The van der Waals surface area contributed by atoms with Crippen LogP contribution in [0.4, 0.5) is 5.69 Å². The maximum atomic E-state index is 12.1. The topological polar surface area (TPSA) is 46.9 Å². The second kappa shape index (κ2) is 7.01. The normalized spacial score (nSPS) is 10.8. The van der Waals surface area contributed by atoms with Crippen molar-refractivity contribution in [3.8, 4) is 0 Å². The van der Waals surface area contributed by atoms with Crippen LogP contribution in [-0.2, 0) is 11.8 Å². The molecule has 5 heteroatoms. The van der Waals surface area contributed by atoms with Crippen molar-refractivity contribution >= 4 is 23.4 Å². The van der Waals surface area contributed by atoms with Crippen molar-refractivity contribution in [3.05, 3.63) is 40.7 Å². The maximum Gasteiger partial charge on any atom is 0.225 e. The van der Waals surface area contributed by atoms with Gasteiger partial charge in [0.05, 0.1) is 17.1 Å². The largest absolute Gasteiger partial charge is 0.323 e. The fraction of sp³-hybridized carbons (Fsp3) is 0.412. The highest BCUT2D eigenvalue weighted by Gasteiger charge is 2.12. The highest BCUT2D eigenvalue weighted by molar-refractivity contribution is 7.99. The first-order valence-electron chi connectivity index (χ1n) is 7.38. The average molecular weight is 317 g/mol. The van der Waals surface area contributed by atoms with Crippen LogP contribution in [0.3, 0.4) is 0 Å². The van der Waals surface area contributed by atoms with Gasteiger partial charge in [0.2, 0.25) is 5.91 Å². The number of carbonyl (C=O) groups excluding carboxylic acids is 1. The van der Waals surface area contributed by atoms with Gasteiger partial charge in [0.25, 0.3) is 0 Å². The molecular weight excluding hydrogens is 294 g/mol. The number of aryl methyl sites for hydroxylation is 4. The fourth-order valence-electron chi connectivity index (χ4n) is 2.22. The number of benzene rings is 1. The summed E-state index contributed by atoms with van der Waals surface area (Å²) in [5, 5.41) is 7.28. The van der Waals surface area contributed by atoms with Crippen LogP contribution in [0, 0.1) is 27.7 Å². The van der Waals surface area contributed by atoms with Gasteiger partial charge in [0.15, 0.2) is 0 Å². The molecular formula is C17H23N3OS. The number of hydrogen-bond acceptors (Lipinski definition) is 3. The van der Waals surface area contributed by atoms with Gasteiger partial charge in [-0.05, 0) is 51.0 Å². The molecule has 0 aliphatic carbocycles. The fourth-order valence-corrected chi connectivity index (χ4v) is 3.17. The molecule has 0 saturated heterocycles. The molecule has 1 amide bonds. The molecule has 0 spiro atoms. The molecule has 1 aromatic heterocycles. The van der Waals surface area contributed by atoms with E-state index < -0.39 is 0 Å². The molecule has 0 unspecified atom stereocenters. The molecule has 1 aromatic carbocycles. The molecule has 118 valence electrons. The molecule has 1 N–H and O–H groups in total. The lowest BCUT2D eigenvalue weighted by Gasteiger charge is -2.07. The van der Waals surface area contributed by atoms with Gasteiger partial charge in [-0.25, -0.2) is 0 Å². The maximum absolute atomic E-state index is 12.1. The monoisotopic (exact) mass is 317 g/mol. The summed E-state index contributed by atoms with van der Waals surface area (Å²) in [5.41, 5.74) is 5.26. The van der Waals surface area contributed by atoms with Crippen molar-refractivity contribution < 1.29 is 4.79 Å². The Balaban J connectivity index is 1.86. The van der Waals surface area contributed by atoms with Gasteiger partial charge in [-0.2, -0.15) is 5.10 Å². The first-order chi connectivity index (χ1) is 10.4. The Labute approximate surface area is 136 Å². The van der Waals surface area contributed by atoms with E-state index in [1.54, 1.807) is 16.4 Å². The molecule has 0 atom stereocenters. The van der Waals surface area contributed by atoms with Crippen LogP contribution >= 0.6 is 11.8 Å². The van der Waals surface area contributed by atoms with Gasteiger partial charge in [-0.1, -0.05) is 6.07 Å². The minimum atomic E-state index is 0.0375. The van der Waals surface area contributed by atoms with Gasteiger partial charge < -0.3 is 5.32 Å². The van der Waals surface area contributed by atoms with Crippen LogP contribution in [0.25, 0.3) is 0 Å². The zero-order valence-electron chi connectivity index (χ0n) is 13.9. The van der Waals surface area contributed by atoms with E-state index in [4.69, 9.17) is 0 Å². The summed E-state index contributed by atoms with van der Waals surface area (Å²) in [6.07, 6.45) is 0.491. The van der Waals surface area contributed by atoms with Gasteiger partial charge in [-0.15, -0.1) is 11.8 Å². The van der Waals surface area contributed by atoms with E-state index in [-0.39, 0.29) is 5.91 Å². The quantitative estimate of drug-likeness (QED) is 0.854. The predicted molar refractivity (Wildman–Crippen MR) is 92.6 cm³/mol. The number of rotatable bonds is 5.